The van der Waals surface area contributed by atoms with Crippen LogP contribution in [-0.2, 0) is 0 Å². The van der Waals surface area contributed by atoms with Gasteiger partial charge in [-0.1, -0.05) is 0 Å². The molecule has 0 unspecified atom stereocenters. The molecular weight excluding hydrogens is 190 g/mol. The summed E-state index contributed by atoms with van der Waals surface area (Å²) in [7, 11) is 0. The summed E-state index contributed by atoms with van der Waals surface area (Å²) >= 11 is 0. The lowest BCUT2D eigenvalue weighted by Gasteiger charge is -2.02. The smallest absolute Gasteiger partial charge is 0.159 e. The van der Waals surface area contributed by atoms with Crippen molar-refractivity contribution in [2.75, 3.05) is 5.73 Å². The monoisotopic (exact) mass is 201 g/mol. The lowest BCUT2D eigenvalue weighted by molar-refractivity contribution is 0.101. The molecule has 2 N–H and O–H groups in total. The molecule has 15 heavy (non-hydrogen) atoms. The zero-order valence-corrected chi connectivity index (χ0v) is 8.34. The fraction of sp³-hybridized carbons (Fsp3) is 0.0909. The van der Waals surface area contributed by atoms with Gasteiger partial charge in [-0.25, -0.2) is 4.98 Å². The normalized spacial score (nSPS) is 10.2. The van der Waals surface area contributed by atoms with E-state index in [4.69, 9.17) is 5.73 Å². The van der Waals surface area contributed by atoms with Crippen molar-refractivity contribution in [3.8, 4) is 5.69 Å². The first-order valence-electron chi connectivity index (χ1n) is 4.57. The van der Waals surface area contributed by atoms with Crippen LogP contribution in [0.25, 0.3) is 5.69 Å². The van der Waals surface area contributed by atoms with Crippen LogP contribution in [0.3, 0.4) is 0 Å². The maximum absolute atomic E-state index is 11.1. The fourth-order valence-electron chi connectivity index (χ4n) is 1.35. The molecule has 1 aromatic carbocycles. The van der Waals surface area contributed by atoms with Crippen LogP contribution in [-0.4, -0.2) is 15.3 Å². The van der Waals surface area contributed by atoms with Crippen molar-refractivity contribution >= 4 is 11.6 Å². The third-order valence-electron chi connectivity index (χ3n) is 2.17. The lowest BCUT2D eigenvalue weighted by atomic mass is 10.1. The van der Waals surface area contributed by atoms with E-state index >= 15 is 0 Å². The number of nitrogen functional groups attached to an aromatic ring is 1. The van der Waals surface area contributed by atoms with E-state index in [0.29, 0.717) is 11.4 Å². The molecule has 0 atom stereocenters. The Hall–Kier alpha value is -2.10. The van der Waals surface area contributed by atoms with E-state index in [1.54, 1.807) is 36.1 Å². The molecule has 0 saturated carbocycles. The van der Waals surface area contributed by atoms with Crippen molar-refractivity contribution < 1.29 is 4.79 Å². The molecule has 76 valence electrons. The van der Waals surface area contributed by atoms with Crippen molar-refractivity contribution in [1.82, 2.24) is 9.55 Å². The molecular formula is C11H11N3O. The number of carbonyl (C=O) groups is 1. The molecule has 1 aromatic heterocycles. The Bertz CT molecular complexity index is 485. The van der Waals surface area contributed by atoms with Crippen molar-refractivity contribution in [2.24, 2.45) is 0 Å². The summed E-state index contributed by atoms with van der Waals surface area (Å²) in [5, 5.41) is 0. The molecule has 0 bridgehead atoms. The zero-order valence-electron chi connectivity index (χ0n) is 8.34. The molecule has 4 heteroatoms. The fourth-order valence-corrected chi connectivity index (χ4v) is 1.35. The van der Waals surface area contributed by atoms with Crippen LogP contribution in [0, 0.1) is 0 Å². The molecule has 0 aliphatic rings. The molecule has 0 saturated heterocycles. The number of nitrogens with zero attached hydrogens (tertiary/aromatic N) is 2. The maximum atomic E-state index is 11.1. The molecule has 0 amide bonds. The van der Waals surface area contributed by atoms with E-state index in [1.165, 1.54) is 0 Å². The summed E-state index contributed by atoms with van der Waals surface area (Å²) in [6.45, 7) is 1.55. The van der Waals surface area contributed by atoms with Gasteiger partial charge in [0.15, 0.2) is 5.78 Å². The SMILES string of the molecule is CC(=O)c1ccc(-n2cnc(N)c2)cc1. The number of carbonyl (C=O) groups excluding carboxylic acids is 1. The first kappa shape index (κ1) is 9.45. The molecule has 2 aromatic rings. The summed E-state index contributed by atoms with van der Waals surface area (Å²) < 4.78 is 1.80. The maximum Gasteiger partial charge on any atom is 0.159 e. The second-order valence-electron chi connectivity index (χ2n) is 3.31. The van der Waals surface area contributed by atoms with Crippen molar-refractivity contribution in [2.45, 2.75) is 6.92 Å². The highest BCUT2D eigenvalue weighted by Gasteiger charge is 2.00. The van der Waals surface area contributed by atoms with E-state index in [2.05, 4.69) is 4.98 Å². The lowest BCUT2D eigenvalue weighted by Crippen LogP contribution is -1.94. The zero-order chi connectivity index (χ0) is 10.8. The molecule has 4 nitrogen and oxygen atoms in total. The van der Waals surface area contributed by atoms with Crippen LogP contribution in [0.5, 0.6) is 0 Å². The van der Waals surface area contributed by atoms with Gasteiger partial charge < -0.3 is 10.3 Å². The number of imidazole rings is 1. The highest BCUT2D eigenvalue weighted by molar-refractivity contribution is 5.94. The van der Waals surface area contributed by atoms with Gasteiger partial charge in [0.25, 0.3) is 0 Å². The Balaban J connectivity index is 2.35. The van der Waals surface area contributed by atoms with Crippen LogP contribution < -0.4 is 5.73 Å². The van der Waals surface area contributed by atoms with Crippen LogP contribution >= 0.6 is 0 Å². The number of nitrogens with two attached hydrogens (primary N) is 1. The molecule has 0 radical (unpaired) electrons. The summed E-state index contributed by atoms with van der Waals surface area (Å²) in [6, 6.07) is 7.29. The standard InChI is InChI=1S/C11H11N3O/c1-8(15)9-2-4-10(5-3-9)14-6-11(12)13-7-14/h2-7H,12H2,1H3. The minimum Gasteiger partial charge on any atom is -0.382 e. The average Bonchev–Trinajstić information content (AvgIpc) is 2.65. The number of hydrogen-bond donors (Lipinski definition) is 1. The third kappa shape index (κ3) is 1.88. The second-order valence-corrected chi connectivity index (χ2v) is 3.31. The Labute approximate surface area is 87.4 Å². The van der Waals surface area contributed by atoms with Crippen LogP contribution in [0.2, 0.25) is 0 Å². The quantitative estimate of drug-likeness (QED) is 0.751. The van der Waals surface area contributed by atoms with Gasteiger partial charge in [-0.2, -0.15) is 0 Å². The molecule has 0 spiro atoms. The van der Waals surface area contributed by atoms with E-state index in [0.717, 1.165) is 5.69 Å². The first-order valence-corrected chi connectivity index (χ1v) is 4.57. The first-order chi connectivity index (χ1) is 7.16. The Morgan fingerprint density at radius 2 is 2.00 bits per heavy atom. The minimum atomic E-state index is 0.0618. The molecule has 0 aliphatic heterocycles. The van der Waals surface area contributed by atoms with Crippen LogP contribution in [0.15, 0.2) is 36.8 Å². The molecule has 2 rings (SSSR count). The van der Waals surface area contributed by atoms with Gasteiger partial charge in [-0.3, -0.25) is 4.79 Å². The number of rotatable bonds is 2. The predicted molar refractivity (Wildman–Crippen MR) is 58.0 cm³/mol. The number of anilines is 1. The largest absolute Gasteiger partial charge is 0.382 e. The number of benzene rings is 1. The minimum absolute atomic E-state index is 0.0618. The van der Waals surface area contributed by atoms with Crippen LogP contribution in [0.4, 0.5) is 5.82 Å². The van der Waals surface area contributed by atoms with E-state index in [-0.39, 0.29) is 5.78 Å². The van der Waals surface area contributed by atoms with Crippen molar-refractivity contribution in [1.29, 1.82) is 0 Å². The van der Waals surface area contributed by atoms with E-state index in [9.17, 15) is 4.79 Å². The molecule has 1 heterocycles. The van der Waals surface area contributed by atoms with Crippen LogP contribution in [0.1, 0.15) is 17.3 Å². The highest BCUT2D eigenvalue weighted by Crippen LogP contribution is 2.11. The summed E-state index contributed by atoms with van der Waals surface area (Å²) in [5.74, 6) is 0.539. The topological polar surface area (TPSA) is 60.9 Å². The molecule has 0 aliphatic carbocycles. The van der Waals surface area contributed by atoms with E-state index < -0.39 is 0 Å². The van der Waals surface area contributed by atoms with E-state index in [1.807, 2.05) is 12.1 Å². The predicted octanol–water partition coefficient (Wildman–Crippen LogP) is 1.66. The van der Waals surface area contributed by atoms with Gasteiger partial charge in [-0.05, 0) is 31.2 Å². The Morgan fingerprint density at radius 3 is 2.47 bits per heavy atom. The Kier molecular flexibility index (Phi) is 2.25. The number of ketones is 1. The Morgan fingerprint density at radius 1 is 1.33 bits per heavy atom. The van der Waals surface area contributed by atoms with Crippen molar-refractivity contribution in [3.63, 3.8) is 0 Å². The van der Waals surface area contributed by atoms with Gasteiger partial charge >= 0.3 is 0 Å². The summed E-state index contributed by atoms with van der Waals surface area (Å²) in [6.07, 6.45) is 3.36. The number of Topliss-reactive ketones (excluding diaryl/α,β-unsaturated/α-hetero) is 1. The van der Waals surface area contributed by atoms with Gasteiger partial charge in [0, 0.05) is 11.3 Å². The third-order valence-corrected chi connectivity index (χ3v) is 2.17. The van der Waals surface area contributed by atoms with Gasteiger partial charge in [0.2, 0.25) is 0 Å². The highest BCUT2D eigenvalue weighted by atomic mass is 16.1. The number of hydrogen-bond acceptors (Lipinski definition) is 3. The average molecular weight is 201 g/mol. The molecule has 0 fully saturated rings. The summed E-state index contributed by atoms with van der Waals surface area (Å²) in [4.78, 5) is 15.0. The second kappa shape index (κ2) is 3.57. The van der Waals surface area contributed by atoms with Gasteiger partial charge in [0.1, 0.15) is 12.1 Å². The number of aromatic nitrogens is 2. The van der Waals surface area contributed by atoms with Gasteiger partial charge in [-0.15, -0.1) is 0 Å². The van der Waals surface area contributed by atoms with Gasteiger partial charge in [0.05, 0.1) is 6.20 Å². The van der Waals surface area contributed by atoms with Crippen molar-refractivity contribution in [3.05, 3.63) is 42.4 Å². The summed E-state index contributed by atoms with van der Waals surface area (Å²) in [5.41, 5.74) is 7.14.